The first kappa shape index (κ1) is 21.1. The molecular weight excluding hydrogens is 410 g/mol. The summed E-state index contributed by atoms with van der Waals surface area (Å²) in [6, 6.07) is 20.2. The predicted octanol–water partition coefficient (Wildman–Crippen LogP) is 5.33. The highest BCUT2D eigenvalue weighted by molar-refractivity contribution is 6.03. The third kappa shape index (κ3) is 4.30. The number of rotatable bonds is 8. The zero-order valence-electron chi connectivity index (χ0n) is 19.0. The summed E-state index contributed by atoms with van der Waals surface area (Å²) in [6.45, 7) is 4.92. The minimum Gasteiger partial charge on any atom is -0.493 e. The van der Waals surface area contributed by atoms with Crippen LogP contribution in [-0.4, -0.2) is 51.2 Å². The Balaban J connectivity index is 1.54. The lowest BCUT2D eigenvalue weighted by molar-refractivity contribution is 0.268. The Kier molecular flexibility index (Phi) is 6.00. The lowest BCUT2D eigenvalue weighted by atomic mass is 9.98. The van der Waals surface area contributed by atoms with E-state index < -0.39 is 0 Å². The van der Waals surface area contributed by atoms with Gasteiger partial charge < -0.3 is 9.64 Å². The van der Waals surface area contributed by atoms with Crippen LogP contribution >= 0.6 is 0 Å². The van der Waals surface area contributed by atoms with E-state index in [0.29, 0.717) is 6.61 Å². The van der Waals surface area contributed by atoms with Gasteiger partial charge in [-0.15, -0.1) is 0 Å². The Hall–Kier alpha value is -3.77. The number of pyridine rings is 3. The second kappa shape index (κ2) is 9.38. The number of aromatic nitrogens is 4. The molecule has 0 N–H and O–H groups in total. The fraction of sp³-hybridized carbons (Fsp3) is 0.222. The van der Waals surface area contributed by atoms with Crippen LogP contribution in [0.1, 0.15) is 13.3 Å². The normalized spacial score (nSPS) is 11.5. The van der Waals surface area contributed by atoms with Crippen molar-refractivity contribution in [1.29, 1.82) is 0 Å². The van der Waals surface area contributed by atoms with Crippen LogP contribution in [0.5, 0.6) is 5.75 Å². The second-order valence-corrected chi connectivity index (χ2v) is 8.10. The number of benzene rings is 1. The van der Waals surface area contributed by atoms with Crippen molar-refractivity contribution in [2.75, 3.05) is 26.7 Å². The highest BCUT2D eigenvalue weighted by atomic mass is 16.5. The van der Waals surface area contributed by atoms with E-state index in [0.717, 1.165) is 64.2 Å². The summed E-state index contributed by atoms with van der Waals surface area (Å²) in [5.41, 5.74) is 5.77. The van der Waals surface area contributed by atoms with Crippen LogP contribution in [0.2, 0.25) is 0 Å². The van der Waals surface area contributed by atoms with Crippen LogP contribution in [0.3, 0.4) is 0 Å². The number of nitrogens with zero attached hydrogens (tertiary/aromatic N) is 5. The molecule has 4 aromatic heterocycles. The smallest absolute Gasteiger partial charge is 0.121 e. The molecule has 1 aromatic carbocycles. The molecule has 0 fully saturated rings. The lowest BCUT2D eigenvalue weighted by Gasteiger charge is -2.14. The van der Waals surface area contributed by atoms with Crippen LogP contribution in [0.25, 0.3) is 38.9 Å². The first-order valence-corrected chi connectivity index (χ1v) is 11.3. The maximum atomic E-state index is 6.01. The zero-order valence-corrected chi connectivity index (χ0v) is 19.0. The van der Waals surface area contributed by atoms with Gasteiger partial charge in [0.15, 0.2) is 0 Å². The summed E-state index contributed by atoms with van der Waals surface area (Å²) in [6.07, 6.45) is 6.62. The van der Waals surface area contributed by atoms with Gasteiger partial charge in [-0.25, -0.2) is 4.52 Å². The Morgan fingerprint density at radius 2 is 1.88 bits per heavy atom. The molecule has 0 unspecified atom stereocenters. The second-order valence-electron chi connectivity index (χ2n) is 8.10. The molecule has 33 heavy (non-hydrogen) atoms. The summed E-state index contributed by atoms with van der Waals surface area (Å²) in [4.78, 5) is 11.5. The first-order valence-electron chi connectivity index (χ1n) is 11.3. The van der Waals surface area contributed by atoms with Crippen molar-refractivity contribution in [3.8, 4) is 28.3 Å². The third-order valence-electron chi connectivity index (χ3n) is 5.92. The molecule has 6 nitrogen and oxygen atoms in total. The van der Waals surface area contributed by atoms with Gasteiger partial charge in [-0.05, 0) is 68.0 Å². The lowest BCUT2D eigenvalue weighted by Crippen LogP contribution is -2.20. The largest absolute Gasteiger partial charge is 0.493 e. The van der Waals surface area contributed by atoms with Gasteiger partial charge in [0.25, 0.3) is 0 Å². The average molecular weight is 438 g/mol. The van der Waals surface area contributed by atoms with Gasteiger partial charge in [0, 0.05) is 42.2 Å². The van der Waals surface area contributed by atoms with Gasteiger partial charge in [0.1, 0.15) is 11.4 Å². The molecule has 166 valence electrons. The van der Waals surface area contributed by atoms with E-state index in [2.05, 4.69) is 47.0 Å². The SMILES string of the molecule is CCN(C)CCCOc1ccc2c(-c3c(-c4ccccn4)nn4ccccc34)ccnc2c1. The highest BCUT2D eigenvalue weighted by Gasteiger charge is 2.19. The van der Waals surface area contributed by atoms with Crippen molar-refractivity contribution < 1.29 is 4.74 Å². The fourth-order valence-electron chi connectivity index (χ4n) is 4.06. The van der Waals surface area contributed by atoms with Crippen molar-refractivity contribution >= 4 is 16.4 Å². The molecule has 0 aliphatic rings. The Bertz CT molecular complexity index is 1380. The standard InChI is InChI=1S/C27H27N5O/c1-3-31(2)16-8-18-33-20-11-12-21-22(13-15-29-24(21)19-20)26-25-10-5-7-17-32(25)30-27(26)23-9-4-6-14-28-23/h4-7,9-15,17,19H,3,8,16,18H2,1-2H3. The van der Waals surface area contributed by atoms with Gasteiger partial charge in [0.05, 0.1) is 23.3 Å². The van der Waals surface area contributed by atoms with Crippen molar-refractivity contribution in [3.63, 3.8) is 0 Å². The zero-order chi connectivity index (χ0) is 22.6. The molecule has 0 bridgehead atoms. The van der Waals surface area contributed by atoms with E-state index in [9.17, 15) is 0 Å². The minimum atomic E-state index is 0.688. The van der Waals surface area contributed by atoms with Gasteiger partial charge in [0.2, 0.25) is 0 Å². The van der Waals surface area contributed by atoms with E-state index >= 15 is 0 Å². The topological polar surface area (TPSA) is 55.5 Å². The quantitative estimate of drug-likeness (QED) is 0.307. The minimum absolute atomic E-state index is 0.688. The highest BCUT2D eigenvalue weighted by Crippen LogP contribution is 2.38. The summed E-state index contributed by atoms with van der Waals surface area (Å²) in [5, 5.41) is 5.92. The summed E-state index contributed by atoms with van der Waals surface area (Å²) in [7, 11) is 2.13. The average Bonchev–Trinajstić information content (AvgIpc) is 3.26. The summed E-state index contributed by atoms with van der Waals surface area (Å²) < 4.78 is 7.92. The van der Waals surface area contributed by atoms with Gasteiger partial charge in [-0.2, -0.15) is 5.10 Å². The maximum Gasteiger partial charge on any atom is 0.121 e. The van der Waals surface area contributed by atoms with Gasteiger partial charge in [-0.3, -0.25) is 9.97 Å². The fourth-order valence-corrected chi connectivity index (χ4v) is 4.06. The van der Waals surface area contributed by atoms with Gasteiger partial charge >= 0.3 is 0 Å². The van der Waals surface area contributed by atoms with Crippen LogP contribution < -0.4 is 4.74 Å². The summed E-state index contributed by atoms with van der Waals surface area (Å²) >= 11 is 0. The van der Waals surface area contributed by atoms with Crippen molar-refractivity contribution in [3.05, 3.63) is 79.3 Å². The van der Waals surface area contributed by atoms with Crippen LogP contribution in [-0.2, 0) is 0 Å². The molecule has 0 saturated carbocycles. The number of hydrogen-bond donors (Lipinski definition) is 0. The molecule has 4 heterocycles. The molecule has 0 aliphatic carbocycles. The van der Waals surface area contributed by atoms with Crippen LogP contribution in [0.15, 0.2) is 79.3 Å². The Morgan fingerprint density at radius 3 is 2.73 bits per heavy atom. The molecule has 6 heteroatoms. The molecule has 0 saturated heterocycles. The predicted molar refractivity (Wildman–Crippen MR) is 132 cm³/mol. The maximum absolute atomic E-state index is 6.01. The third-order valence-corrected chi connectivity index (χ3v) is 5.92. The molecule has 5 aromatic rings. The molecular formula is C27H27N5O. The Morgan fingerprint density at radius 1 is 0.970 bits per heavy atom. The first-order chi connectivity index (χ1) is 16.2. The monoisotopic (exact) mass is 437 g/mol. The Labute approximate surface area is 193 Å². The number of fused-ring (bicyclic) bond motifs is 2. The number of hydrogen-bond acceptors (Lipinski definition) is 5. The molecule has 0 radical (unpaired) electrons. The molecule has 5 rings (SSSR count). The van der Waals surface area contributed by atoms with Gasteiger partial charge in [-0.1, -0.05) is 19.1 Å². The molecule has 0 spiro atoms. The van der Waals surface area contributed by atoms with E-state index in [1.807, 2.05) is 59.4 Å². The van der Waals surface area contributed by atoms with Crippen molar-refractivity contribution in [2.24, 2.45) is 0 Å². The van der Waals surface area contributed by atoms with E-state index in [1.54, 1.807) is 6.20 Å². The van der Waals surface area contributed by atoms with E-state index in [1.165, 1.54) is 0 Å². The van der Waals surface area contributed by atoms with Crippen LogP contribution in [0.4, 0.5) is 0 Å². The van der Waals surface area contributed by atoms with E-state index in [-0.39, 0.29) is 0 Å². The number of ether oxygens (including phenoxy) is 1. The molecule has 0 aliphatic heterocycles. The van der Waals surface area contributed by atoms with E-state index in [4.69, 9.17) is 9.84 Å². The molecule has 0 atom stereocenters. The van der Waals surface area contributed by atoms with Crippen molar-refractivity contribution in [1.82, 2.24) is 24.5 Å². The summed E-state index contributed by atoms with van der Waals surface area (Å²) in [5.74, 6) is 0.844. The van der Waals surface area contributed by atoms with Crippen molar-refractivity contribution in [2.45, 2.75) is 13.3 Å². The van der Waals surface area contributed by atoms with Crippen LogP contribution in [0, 0.1) is 0 Å². The molecule has 0 amide bonds.